The fourth-order valence-corrected chi connectivity index (χ4v) is 3.25. The number of rotatable bonds is 4. The molecule has 3 aromatic rings. The number of hydrogen-bond donors (Lipinski definition) is 0. The van der Waals surface area contributed by atoms with Gasteiger partial charge in [-0.3, -0.25) is 4.79 Å². The Bertz CT molecular complexity index is 813. The molecular weight excluding hydrogens is 306 g/mol. The van der Waals surface area contributed by atoms with Gasteiger partial charge in [0.2, 0.25) is 0 Å². The first-order valence-corrected chi connectivity index (χ1v) is 7.77. The van der Waals surface area contributed by atoms with Gasteiger partial charge in [0.1, 0.15) is 16.5 Å². The minimum Gasteiger partial charge on any atom is -0.496 e. The molecule has 1 heterocycles. The lowest BCUT2D eigenvalue weighted by atomic mass is 10.0. The summed E-state index contributed by atoms with van der Waals surface area (Å²) in [6.07, 6.45) is 0. The fourth-order valence-electron chi connectivity index (χ4n) is 2.23. The molecule has 0 radical (unpaired) electrons. The van der Waals surface area contributed by atoms with E-state index < -0.39 is 0 Å². The lowest BCUT2D eigenvalue weighted by Crippen LogP contribution is -2.00. The van der Waals surface area contributed by atoms with Crippen LogP contribution in [-0.2, 0) is 0 Å². The van der Waals surface area contributed by atoms with Gasteiger partial charge in [0.05, 0.1) is 18.6 Å². The summed E-state index contributed by atoms with van der Waals surface area (Å²) in [7, 11) is 1.63. The van der Waals surface area contributed by atoms with Crippen molar-refractivity contribution in [3.63, 3.8) is 0 Å². The van der Waals surface area contributed by atoms with Crippen molar-refractivity contribution in [2.75, 3.05) is 13.0 Å². The standard InChI is InChI=1S/C16H12ClNO2S/c1-20-14-7-6-10-4-2-3-5-11(10)15(14)16-18-12(9-21-16)13(19)8-17/h2-7,9H,8H2,1H3. The van der Waals surface area contributed by atoms with Gasteiger partial charge in [-0.2, -0.15) is 0 Å². The van der Waals surface area contributed by atoms with E-state index in [1.807, 2.05) is 36.4 Å². The van der Waals surface area contributed by atoms with Gasteiger partial charge < -0.3 is 4.74 Å². The zero-order chi connectivity index (χ0) is 14.8. The van der Waals surface area contributed by atoms with Crippen LogP contribution >= 0.6 is 22.9 Å². The maximum atomic E-state index is 11.7. The molecule has 0 spiro atoms. The second-order valence-electron chi connectivity index (χ2n) is 4.46. The number of hydrogen-bond acceptors (Lipinski definition) is 4. The van der Waals surface area contributed by atoms with Crippen LogP contribution in [0.3, 0.4) is 0 Å². The smallest absolute Gasteiger partial charge is 0.196 e. The zero-order valence-electron chi connectivity index (χ0n) is 11.3. The molecule has 0 saturated carbocycles. The summed E-state index contributed by atoms with van der Waals surface area (Å²) in [4.78, 5) is 16.1. The number of nitrogens with zero attached hydrogens (tertiary/aromatic N) is 1. The summed E-state index contributed by atoms with van der Waals surface area (Å²) in [5, 5.41) is 4.66. The van der Waals surface area contributed by atoms with Crippen molar-refractivity contribution < 1.29 is 9.53 Å². The maximum absolute atomic E-state index is 11.7. The summed E-state index contributed by atoms with van der Waals surface area (Å²) in [5.74, 6) is 0.516. The van der Waals surface area contributed by atoms with Gasteiger partial charge in [0, 0.05) is 5.38 Å². The summed E-state index contributed by atoms with van der Waals surface area (Å²) >= 11 is 7.01. The van der Waals surface area contributed by atoms with Gasteiger partial charge in [-0.1, -0.05) is 30.3 Å². The number of benzene rings is 2. The molecule has 5 heteroatoms. The van der Waals surface area contributed by atoms with Crippen LogP contribution in [0.5, 0.6) is 5.75 Å². The SMILES string of the molecule is COc1ccc2ccccc2c1-c1nc(C(=O)CCl)cs1. The molecule has 21 heavy (non-hydrogen) atoms. The van der Waals surface area contributed by atoms with Crippen molar-refractivity contribution >= 4 is 39.5 Å². The lowest BCUT2D eigenvalue weighted by molar-refractivity contribution is 0.101. The molecule has 0 unspecified atom stereocenters. The molecule has 1 aromatic heterocycles. The molecule has 0 aliphatic rings. The number of alkyl halides is 1. The summed E-state index contributed by atoms with van der Waals surface area (Å²) in [6.45, 7) is 0. The number of fused-ring (bicyclic) bond motifs is 1. The van der Waals surface area contributed by atoms with Crippen molar-refractivity contribution in [2.45, 2.75) is 0 Å². The van der Waals surface area contributed by atoms with Crippen molar-refractivity contribution in [2.24, 2.45) is 0 Å². The van der Waals surface area contributed by atoms with Crippen molar-refractivity contribution in [1.29, 1.82) is 0 Å². The summed E-state index contributed by atoms with van der Waals surface area (Å²) in [6, 6.07) is 12.0. The van der Waals surface area contributed by atoms with Gasteiger partial charge in [-0.25, -0.2) is 4.98 Å². The largest absolute Gasteiger partial charge is 0.496 e. The van der Waals surface area contributed by atoms with E-state index in [4.69, 9.17) is 16.3 Å². The molecule has 0 bridgehead atoms. The number of ketones is 1. The van der Waals surface area contributed by atoms with Crippen LogP contribution in [-0.4, -0.2) is 23.8 Å². The molecule has 0 fully saturated rings. The van der Waals surface area contributed by atoms with Crippen LogP contribution in [0.2, 0.25) is 0 Å². The van der Waals surface area contributed by atoms with Gasteiger partial charge in [-0.15, -0.1) is 22.9 Å². The number of carbonyl (C=O) groups is 1. The van der Waals surface area contributed by atoms with Crippen LogP contribution in [0, 0.1) is 0 Å². The van der Waals surface area contributed by atoms with E-state index in [9.17, 15) is 4.79 Å². The first-order valence-electron chi connectivity index (χ1n) is 6.35. The average molecular weight is 318 g/mol. The normalized spacial score (nSPS) is 10.8. The molecule has 0 N–H and O–H groups in total. The highest BCUT2D eigenvalue weighted by Crippen LogP contribution is 2.38. The quantitative estimate of drug-likeness (QED) is 0.529. The molecule has 3 nitrogen and oxygen atoms in total. The second-order valence-corrected chi connectivity index (χ2v) is 5.58. The third-order valence-corrected chi connectivity index (χ3v) is 4.34. The van der Waals surface area contributed by atoms with E-state index in [0.717, 1.165) is 27.1 Å². The molecule has 0 amide bonds. The van der Waals surface area contributed by atoms with E-state index in [-0.39, 0.29) is 11.7 Å². The van der Waals surface area contributed by atoms with E-state index in [2.05, 4.69) is 4.98 Å². The van der Waals surface area contributed by atoms with E-state index in [1.165, 1.54) is 11.3 Å². The Labute approximate surface area is 131 Å². The molecular formula is C16H12ClNO2S. The number of methoxy groups -OCH3 is 1. The number of carbonyl (C=O) groups excluding carboxylic acids is 1. The average Bonchev–Trinajstić information content (AvgIpc) is 3.02. The molecule has 0 atom stereocenters. The first-order chi connectivity index (χ1) is 10.2. The minimum atomic E-state index is -0.168. The van der Waals surface area contributed by atoms with E-state index in [0.29, 0.717) is 5.69 Å². The summed E-state index contributed by atoms with van der Waals surface area (Å²) < 4.78 is 5.46. The fraction of sp³-hybridized carbons (Fsp3) is 0.125. The summed E-state index contributed by atoms with van der Waals surface area (Å²) in [5.41, 5.74) is 1.31. The Balaban J connectivity index is 2.23. The number of thiazole rings is 1. The topological polar surface area (TPSA) is 39.2 Å². The molecule has 3 rings (SSSR count). The predicted molar refractivity (Wildman–Crippen MR) is 86.7 cm³/mol. The minimum absolute atomic E-state index is 0.0597. The molecule has 0 saturated heterocycles. The third-order valence-electron chi connectivity index (χ3n) is 3.24. The highest BCUT2D eigenvalue weighted by molar-refractivity contribution is 7.13. The Morgan fingerprint density at radius 2 is 2.10 bits per heavy atom. The molecule has 2 aromatic carbocycles. The van der Waals surface area contributed by atoms with Crippen LogP contribution in [0.4, 0.5) is 0 Å². The van der Waals surface area contributed by atoms with Crippen molar-refractivity contribution in [1.82, 2.24) is 4.98 Å². The van der Waals surface area contributed by atoms with Gasteiger partial charge in [0.25, 0.3) is 0 Å². The Kier molecular flexibility index (Phi) is 3.90. The first kappa shape index (κ1) is 14.0. The van der Waals surface area contributed by atoms with Crippen LogP contribution in [0.25, 0.3) is 21.3 Å². The predicted octanol–water partition coefficient (Wildman–Crippen LogP) is 4.39. The van der Waals surface area contributed by atoms with E-state index >= 15 is 0 Å². The van der Waals surface area contributed by atoms with Crippen LogP contribution < -0.4 is 4.74 Å². The molecule has 0 aliphatic carbocycles. The van der Waals surface area contributed by atoms with Crippen LogP contribution in [0.15, 0.2) is 41.8 Å². The van der Waals surface area contributed by atoms with Gasteiger partial charge in [-0.05, 0) is 16.8 Å². The number of aromatic nitrogens is 1. The number of halogens is 1. The maximum Gasteiger partial charge on any atom is 0.196 e. The number of ether oxygens (including phenoxy) is 1. The van der Waals surface area contributed by atoms with Gasteiger partial charge in [0.15, 0.2) is 5.78 Å². The van der Waals surface area contributed by atoms with Crippen molar-refractivity contribution in [3.05, 3.63) is 47.5 Å². The third kappa shape index (κ3) is 2.52. The second kappa shape index (κ2) is 5.84. The number of Topliss-reactive ketones (excluding diaryl/α,β-unsaturated/α-hetero) is 1. The van der Waals surface area contributed by atoms with E-state index in [1.54, 1.807) is 12.5 Å². The highest BCUT2D eigenvalue weighted by Gasteiger charge is 2.16. The van der Waals surface area contributed by atoms with Crippen molar-refractivity contribution in [3.8, 4) is 16.3 Å². The van der Waals surface area contributed by atoms with Crippen LogP contribution in [0.1, 0.15) is 10.5 Å². The Hall–Kier alpha value is -1.91. The zero-order valence-corrected chi connectivity index (χ0v) is 12.9. The Morgan fingerprint density at radius 3 is 2.86 bits per heavy atom. The lowest BCUT2D eigenvalue weighted by Gasteiger charge is -2.09. The van der Waals surface area contributed by atoms with Gasteiger partial charge >= 0.3 is 0 Å². The molecule has 0 aliphatic heterocycles. The Morgan fingerprint density at radius 1 is 1.29 bits per heavy atom. The highest BCUT2D eigenvalue weighted by atomic mass is 35.5. The molecule has 106 valence electrons. The monoisotopic (exact) mass is 317 g/mol.